The average Bonchev–Trinajstić information content (AvgIpc) is 3.76. The molecule has 1 aliphatic carbocycles. The fourth-order valence-corrected chi connectivity index (χ4v) is 5.13. The number of carbonyl (C=O) groups is 1. The third-order valence-corrected chi connectivity index (χ3v) is 7.23. The Balaban J connectivity index is 1.37. The van der Waals surface area contributed by atoms with Gasteiger partial charge in [-0.1, -0.05) is 24.3 Å². The Bertz CT molecular complexity index is 1580. The summed E-state index contributed by atoms with van der Waals surface area (Å²) in [6.07, 6.45) is 10.3. The first-order valence-electron chi connectivity index (χ1n) is 13.2. The van der Waals surface area contributed by atoms with Gasteiger partial charge < -0.3 is 25.1 Å². The number of amides is 1. The molecule has 198 valence electrons. The highest BCUT2D eigenvalue weighted by Gasteiger charge is 2.23. The van der Waals surface area contributed by atoms with Crippen molar-refractivity contribution in [2.75, 3.05) is 26.0 Å². The topological polar surface area (TPSA) is 114 Å². The molecule has 9 heteroatoms. The fourth-order valence-electron chi connectivity index (χ4n) is 5.13. The Morgan fingerprint density at radius 1 is 1.05 bits per heavy atom. The summed E-state index contributed by atoms with van der Waals surface area (Å²) in [6.45, 7) is 0.717. The van der Waals surface area contributed by atoms with Crippen LogP contribution in [0.15, 0.2) is 59.7 Å². The van der Waals surface area contributed by atoms with E-state index in [-0.39, 0.29) is 12.0 Å². The van der Waals surface area contributed by atoms with Gasteiger partial charge in [-0.05, 0) is 66.7 Å². The lowest BCUT2D eigenvalue weighted by atomic mass is 10.0. The van der Waals surface area contributed by atoms with Crippen LogP contribution in [0.1, 0.15) is 41.6 Å². The molecule has 39 heavy (non-hydrogen) atoms. The zero-order valence-corrected chi connectivity index (χ0v) is 22.0. The highest BCUT2D eigenvalue weighted by atomic mass is 16.5. The monoisotopic (exact) mass is 522 g/mol. The predicted molar refractivity (Wildman–Crippen MR) is 153 cm³/mol. The minimum atomic E-state index is -0.190. The lowest BCUT2D eigenvalue weighted by molar-refractivity contribution is 0.0962. The molecule has 0 spiro atoms. The van der Waals surface area contributed by atoms with Crippen molar-refractivity contribution >= 4 is 40.4 Å². The molecular weight excluding hydrogens is 492 g/mol. The number of benzene rings is 2. The summed E-state index contributed by atoms with van der Waals surface area (Å²) in [5, 5.41) is 6.74. The van der Waals surface area contributed by atoms with Crippen LogP contribution in [-0.4, -0.2) is 53.9 Å². The first kappa shape index (κ1) is 24.7. The van der Waals surface area contributed by atoms with Crippen LogP contribution in [0.2, 0.25) is 0 Å². The van der Waals surface area contributed by atoms with Crippen LogP contribution < -0.4 is 20.1 Å². The summed E-state index contributed by atoms with van der Waals surface area (Å²) in [5.41, 5.74) is 6.23. The second-order valence-corrected chi connectivity index (χ2v) is 9.68. The van der Waals surface area contributed by atoms with Gasteiger partial charge in [-0.15, -0.1) is 0 Å². The third kappa shape index (κ3) is 4.95. The first-order valence-corrected chi connectivity index (χ1v) is 13.2. The normalized spacial score (nSPS) is 15.0. The van der Waals surface area contributed by atoms with Crippen LogP contribution in [0, 0.1) is 0 Å². The van der Waals surface area contributed by atoms with Crippen LogP contribution in [0.4, 0.5) is 11.6 Å². The minimum Gasteiger partial charge on any atom is -0.495 e. The van der Waals surface area contributed by atoms with Crippen molar-refractivity contribution < 1.29 is 14.3 Å². The van der Waals surface area contributed by atoms with Crippen molar-refractivity contribution in [1.29, 1.82) is 0 Å². The van der Waals surface area contributed by atoms with Crippen LogP contribution in [-0.2, 0) is 0 Å². The number of nitrogens with one attached hydrogen (secondary N) is 3. The van der Waals surface area contributed by atoms with E-state index in [0.717, 1.165) is 54.3 Å². The van der Waals surface area contributed by atoms with Crippen molar-refractivity contribution in [2.24, 2.45) is 4.99 Å². The predicted octanol–water partition coefficient (Wildman–Crippen LogP) is 5.53. The number of nitrogens with zero attached hydrogens (tertiary/aromatic N) is 3. The molecule has 3 N–H and O–H groups in total. The van der Waals surface area contributed by atoms with Gasteiger partial charge in [0.05, 0.1) is 24.7 Å². The SMILES string of the molecule is CNC(=O)c1ccc(Nc2nc(OC3CCCC3)c3c(-c4ccc(C5=CC=NC5)cc4)c[nH]c3n2)c(OC)c1. The molecule has 1 aliphatic heterocycles. The van der Waals surface area contributed by atoms with Gasteiger partial charge in [0.1, 0.15) is 17.5 Å². The molecule has 0 radical (unpaired) electrons. The molecule has 0 atom stereocenters. The zero-order valence-electron chi connectivity index (χ0n) is 22.0. The summed E-state index contributed by atoms with van der Waals surface area (Å²) >= 11 is 0. The Hall–Kier alpha value is -4.66. The number of rotatable bonds is 8. The standard InChI is InChI=1S/C30H30N6O3/c1-31-28(37)20-11-12-24(25(15-20)38-2)34-30-35-27-26(29(36-30)39-22-5-3-4-6-22)23(17-33-27)19-9-7-18(8-10-19)21-13-14-32-16-21/h7-15,17,22H,3-6,16H2,1-2H3,(H,31,37)(H2,33,34,35,36). The summed E-state index contributed by atoms with van der Waals surface area (Å²) in [7, 11) is 3.16. The number of aliphatic imine (C=N–C) groups is 1. The molecule has 6 rings (SSSR count). The molecule has 2 aromatic heterocycles. The van der Waals surface area contributed by atoms with Crippen LogP contribution in [0.25, 0.3) is 27.7 Å². The highest BCUT2D eigenvalue weighted by Crippen LogP contribution is 2.38. The molecule has 3 heterocycles. The van der Waals surface area contributed by atoms with Crippen molar-refractivity contribution in [3.05, 3.63) is 65.9 Å². The molecular formula is C30H30N6O3. The molecule has 0 saturated heterocycles. The van der Waals surface area contributed by atoms with Crippen LogP contribution in [0.3, 0.4) is 0 Å². The molecule has 9 nitrogen and oxygen atoms in total. The number of hydrogen-bond acceptors (Lipinski definition) is 7. The second-order valence-electron chi connectivity index (χ2n) is 9.68. The fraction of sp³-hybridized carbons (Fsp3) is 0.267. The summed E-state index contributed by atoms with van der Waals surface area (Å²) in [6, 6.07) is 13.7. The van der Waals surface area contributed by atoms with Crippen LogP contribution >= 0.6 is 0 Å². The lowest BCUT2D eigenvalue weighted by Crippen LogP contribution is -2.17. The largest absolute Gasteiger partial charge is 0.495 e. The molecule has 1 fully saturated rings. The van der Waals surface area contributed by atoms with Crippen molar-refractivity contribution in [3.8, 4) is 22.8 Å². The quantitative estimate of drug-likeness (QED) is 0.281. The number of H-pyrrole nitrogens is 1. The van der Waals surface area contributed by atoms with E-state index in [1.54, 1.807) is 32.4 Å². The number of ether oxygens (including phenoxy) is 2. The van der Waals surface area contributed by atoms with Gasteiger partial charge >= 0.3 is 0 Å². The first-order chi connectivity index (χ1) is 19.1. The third-order valence-electron chi connectivity index (χ3n) is 7.23. The van der Waals surface area contributed by atoms with Gasteiger partial charge in [-0.25, -0.2) is 0 Å². The van der Waals surface area contributed by atoms with Crippen molar-refractivity contribution in [3.63, 3.8) is 0 Å². The highest BCUT2D eigenvalue weighted by molar-refractivity contribution is 5.98. The smallest absolute Gasteiger partial charge is 0.251 e. The molecule has 0 unspecified atom stereocenters. The molecule has 1 amide bonds. The molecule has 0 bridgehead atoms. The number of aromatic amines is 1. The minimum absolute atomic E-state index is 0.122. The van der Waals surface area contributed by atoms with E-state index >= 15 is 0 Å². The number of hydrogen-bond donors (Lipinski definition) is 3. The average molecular weight is 523 g/mol. The van der Waals surface area contributed by atoms with E-state index in [1.165, 1.54) is 5.57 Å². The number of anilines is 2. The zero-order chi connectivity index (χ0) is 26.8. The van der Waals surface area contributed by atoms with E-state index in [0.29, 0.717) is 34.5 Å². The van der Waals surface area contributed by atoms with Gasteiger partial charge in [-0.2, -0.15) is 9.97 Å². The molecule has 2 aromatic carbocycles. The van der Waals surface area contributed by atoms with Crippen molar-refractivity contribution in [2.45, 2.75) is 31.8 Å². The van der Waals surface area contributed by atoms with Crippen LogP contribution in [0.5, 0.6) is 11.6 Å². The summed E-state index contributed by atoms with van der Waals surface area (Å²) in [4.78, 5) is 29.3. The van der Waals surface area contributed by atoms with Gasteiger partial charge in [0.2, 0.25) is 11.8 Å². The number of allylic oxidation sites excluding steroid dienone is 1. The molecule has 2 aliphatic rings. The Morgan fingerprint density at radius 3 is 2.56 bits per heavy atom. The van der Waals surface area contributed by atoms with Gasteiger partial charge in [0.25, 0.3) is 5.91 Å². The maximum absolute atomic E-state index is 12.1. The van der Waals surface area contributed by atoms with Gasteiger partial charge in [0.15, 0.2) is 0 Å². The van der Waals surface area contributed by atoms with E-state index in [2.05, 4.69) is 51.0 Å². The lowest BCUT2D eigenvalue weighted by Gasteiger charge is -2.16. The van der Waals surface area contributed by atoms with E-state index < -0.39 is 0 Å². The van der Waals surface area contributed by atoms with E-state index in [1.807, 2.05) is 12.4 Å². The molecule has 1 saturated carbocycles. The van der Waals surface area contributed by atoms with Crippen molar-refractivity contribution in [1.82, 2.24) is 20.3 Å². The molecule has 4 aromatic rings. The van der Waals surface area contributed by atoms with Gasteiger partial charge in [0, 0.05) is 30.6 Å². The Kier molecular flexibility index (Phi) is 6.71. The number of fused-ring (bicyclic) bond motifs is 1. The maximum atomic E-state index is 12.1. The van der Waals surface area contributed by atoms with E-state index in [9.17, 15) is 4.79 Å². The Morgan fingerprint density at radius 2 is 1.85 bits per heavy atom. The number of carbonyl (C=O) groups excluding carboxylic acids is 1. The number of methoxy groups -OCH3 is 1. The number of aromatic nitrogens is 3. The Labute approximate surface area is 226 Å². The maximum Gasteiger partial charge on any atom is 0.251 e. The van der Waals surface area contributed by atoms with Gasteiger partial charge in [-0.3, -0.25) is 9.79 Å². The summed E-state index contributed by atoms with van der Waals surface area (Å²) < 4.78 is 12.0. The van der Waals surface area contributed by atoms with E-state index in [4.69, 9.17) is 19.4 Å². The second kappa shape index (κ2) is 10.6. The summed E-state index contributed by atoms with van der Waals surface area (Å²) in [5.74, 6) is 1.24.